The van der Waals surface area contributed by atoms with Crippen molar-refractivity contribution in [2.24, 2.45) is 0 Å². The highest BCUT2D eigenvalue weighted by Gasteiger charge is 2.27. The van der Waals surface area contributed by atoms with E-state index in [2.05, 4.69) is 5.32 Å². The van der Waals surface area contributed by atoms with Crippen LogP contribution in [0.15, 0.2) is 53.4 Å². The monoisotopic (exact) mass is 472 g/mol. The molecule has 164 valence electrons. The predicted molar refractivity (Wildman–Crippen MR) is 119 cm³/mol. The topological polar surface area (TPSA) is 75.7 Å². The quantitative estimate of drug-likeness (QED) is 0.499. The summed E-state index contributed by atoms with van der Waals surface area (Å²) in [6, 6.07) is 12.8. The zero-order valence-corrected chi connectivity index (χ0v) is 19.3. The predicted octanol–water partition coefficient (Wildman–Crippen LogP) is 4.12. The van der Waals surface area contributed by atoms with Crippen LogP contribution in [-0.2, 0) is 26.1 Å². The Labute approximate surface area is 188 Å². The van der Waals surface area contributed by atoms with Gasteiger partial charge in [-0.3, -0.25) is 4.79 Å². The normalized spacial score (nSPS) is 11.8. The van der Waals surface area contributed by atoms with Crippen molar-refractivity contribution in [3.8, 4) is 0 Å². The van der Waals surface area contributed by atoms with E-state index < -0.39 is 15.9 Å². The first kappa shape index (κ1) is 24.6. The van der Waals surface area contributed by atoms with Crippen molar-refractivity contribution in [1.29, 1.82) is 0 Å². The molecule has 2 rings (SSSR count). The zero-order chi connectivity index (χ0) is 22.1. The molecule has 30 heavy (non-hydrogen) atoms. The number of carbonyl (C=O) groups excluding carboxylic acids is 1. The van der Waals surface area contributed by atoms with Crippen molar-refractivity contribution in [2.45, 2.75) is 37.8 Å². The maximum Gasteiger partial charge on any atom is 0.243 e. The van der Waals surface area contributed by atoms with Crippen molar-refractivity contribution >= 4 is 39.1 Å². The first-order valence-electron chi connectivity index (χ1n) is 9.57. The Morgan fingerprint density at radius 3 is 2.40 bits per heavy atom. The first-order chi connectivity index (χ1) is 14.2. The molecule has 0 saturated carbocycles. The van der Waals surface area contributed by atoms with Gasteiger partial charge >= 0.3 is 0 Å². The molecule has 0 aliphatic carbocycles. The third-order valence-electron chi connectivity index (χ3n) is 4.17. The van der Waals surface area contributed by atoms with Crippen LogP contribution in [0.4, 0.5) is 0 Å². The molecule has 1 N–H and O–H groups in total. The molecule has 9 heteroatoms. The molecule has 0 aromatic heterocycles. The molecule has 0 fully saturated rings. The second-order valence-electron chi connectivity index (χ2n) is 6.94. The minimum absolute atomic E-state index is 0.0332. The number of hydrogen-bond donors (Lipinski definition) is 1. The number of carbonyl (C=O) groups is 1. The Morgan fingerprint density at radius 2 is 1.77 bits per heavy atom. The molecule has 2 aromatic carbocycles. The summed E-state index contributed by atoms with van der Waals surface area (Å²) < 4.78 is 32.9. The number of sulfonamides is 1. The van der Waals surface area contributed by atoms with Gasteiger partial charge in [0, 0.05) is 29.7 Å². The standard InChI is InChI=1S/C21H26Cl2N2O4S/c1-16(2)29-13-5-12-24-21(26)15-25(14-17-6-3-4-7-20(17)23)30(27,28)19-10-8-18(22)9-11-19/h3-4,6-11,16H,5,12-15H2,1-2H3,(H,24,26). The van der Waals surface area contributed by atoms with E-state index in [0.717, 1.165) is 4.31 Å². The van der Waals surface area contributed by atoms with Crippen molar-refractivity contribution < 1.29 is 17.9 Å². The average molecular weight is 473 g/mol. The first-order valence-corrected chi connectivity index (χ1v) is 11.8. The molecule has 0 bridgehead atoms. The molecule has 0 radical (unpaired) electrons. The van der Waals surface area contributed by atoms with Crippen molar-refractivity contribution in [3.05, 3.63) is 64.1 Å². The number of ether oxygens (including phenoxy) is 1. The van der Waals surface area contributed by atoms with E-state index in [-0.39, 0.29) is 24.1 Å². The molecule has 0 atom stereocenters. The second-order valence-corrected chi connectivity index (χ2v) is 9.72. The summed E-state index contributed by atoms with van der Waals surface area (Å²) in [4.78, 5) is 12.5. The van der Waals surface area contributed by atoms with Gasteiger partial charge in [0.2, 0.25) is 15.9 Å². The van der Waals surface area contributed by atoms with Crippen LogP contribution in [0, 0.1) is 0 Å². The number of nitrogens with zero attached hydrogens (tertiary/aromatic N) is 1. The van der Waals surface area contributed by atoms with Crippen LogP contribution in [-0.4, -0.2) is 44.4 Å². The molecule has 1 amide bonds. The van der Waals surface area contributed by atoms with Crippen LogP contribution >= 0.6 is 23.2 Å². The zero-order valence-electron chi connectivity index (χ0n) is 17.0. The van der Waals surface area contributed by atoms with Gasteiger partial charge in [-0.25, -0.2) is 8.42 Å². The lowest BCUT2D eigenvalue weighted by Crippen LogP contribution is -2.40. The molecule has 6 nitrogen and oxygen atoms in total. The second kappa shape index (κ2) is 11.7. The Balaban J connectivity index is 2.14. The fraction of sp³-hybridized carbons (Fsp3) is 0.381. The van der Waals surface area contributed by atoms with E-state index in [1.165, 1.54) is 24.3 Å². The average Bonchev–Trinajstić information content (AvgIpc) is 2.69. The van der Waals surface area contributed by atoms with Crippen LogP contribution in [0.1, 0.15) is 25.8 Å². The molecule has 0 aliphatic heterocycles. The third-order valence-corrected chi connectivity index (χ3v) is 6.60. The molecule has 0 aliphatic rings. The van der Waals surface area contributed by atoms with Crippen LogP contribution in [0.25, 0.3) is 0 Å². The van der Waals surface area contributed by atoms with E-state index >= 15 is 0 Å². The molecular formula is C21H26Cl2N2O4S. The van der Waals surface area contributed by atoms with Gasteiger partial charge in [-0.05, 0) is 56.2 Å². The molecule has 0 heterocycles. The molecule has 0 saturated heterocycles. The van der Waals surface area contributed by atoms with E-state index in [0.29, 0.717) is 35.2 Å². The maximum atomic E-state index is 13.2. The molecule has 0 spiro atoms. The Morgan fingerprint density at radius 1 is 1.10 bits per heavy atom. The van der Waals surface area contributed by atoms with Crippen molar-refractivity contribution in [2.75, 3.05) is 19.7 Å². The minimum atomic E-state index is -3.94. The van der Waals surface area contributed by atoms with E-state index in [1.54, 1.807) is 24.3 Å². The summed E-state index contributed by atoms with van der Waals surface area (Å²) >= 11 is 12.1. The molecular weight excluding hydrogens is 447 g/mol. The van der Waals surface area contributed by atoms with Gasteiger partial charge in [0.25, 0.3) is 0 Å². The Bertz CT molecular complexity index is 934. The van der Waals surface area contributed by atoms with Crippen molar-refractivity contribution in [3.63, 3.8) is 0 Å². The van der Waals surface area contributed by atoms with Crippen LogP contribution in [0.3, 0.4) is 0 Å². The summed E-state index contributed by atoms with van der Waals surface area (Å²) in [7, 11) is -3.94. The Hall–Kier alpha value is -1.64. The maximum absolute atomic E-state index is 13.2. The lowest BCUT2D eigenvalue weighted by molar-refractivity contribution is -0.121. The van der Waals surface area contributed by atoms with Crippen molar-refractivity contribution in [1.82, 2.24) is 9.62 Å². The van der Waals surface area contributed by atoms with Crippen LogP contribution < -0.4 is 5.32 Å². The lowest BCUT2D eigenvalue weighted by atomic mass is 10.2. The SMILES string of the molecule is CC(C)OCCCNC(=O)CN(Cc1ccccc1Cl)S(=O)(=O)c1ccc(Cl)cc1. The summed E-state index contributed by atoms with van der Waals surface area (Å²) in [5.41, 5.74) is 0.606. The largest absolute Gasteiger partial charge is 0.379 e. The van der Waals surface area contributed by atoms with Gasteiger partial charge in [-0.2, -0.15) is 4.31 Å². The van der Waals surface area contributed by atoms with Gasteiger partial charge in [0.05, 0.1) is 17.5 Å². The highest BCUT2D eigenvalue weighted by molar-refractivity contribution is 7.89. The van der Waals surface area contributed by atoms with E-state index in [4.69, 9.17) is 27.9 Å². The van der Waals surface area contributed by atoms with Crippen LogP contribution in [0.2, 0.25) is 10.0 Å². The number of benzene rings is 2. The number of hydrogen-bond acceptors (Lipinski definition) is 4. The van der Waals surface area contributed by atoms with Gasteiger partial charge in [-0.15, -0.1) is 0 Å². The summed E-state index contributed by atoms with van der Waals surface area (Å²) in [6.45, 7) is 4.42. The highest BCUT2D eigenvalue weighted by atomic mass is 35.5. The van der Waals surface area contributed by atoms with E-state index in [9.17, 15) is 13.2 Å². The number of halogens is 2. The fourth-order valence-corrected chi connectivity index (χ4v) is 4.33. The molecule has 2 aromatic rings. The molecule has 0 unspecified atom stereocenters. The third kappa shape index (κ3) is 7.56. The number of amides is 1. The summed E-state index contributed by atoms with van der Waals surface area (Å²) in [6.07, 6.45) is 0.759. The number of rotatable bonds is 11. The van der Waals surface area contributed by atoms with Gasteiger partial charge in [0.15, 0.2) is 0 Å². The van der Waals surface area contributed by atoms with Gasteiger partial charge < -0.3 is 10.1 Å². The van der Waals surface area contributed by atoms with E-state index in [1.807, 2.05) is 13.8 Å². The van der Waals surface area contributed by atoms with Gasteiger partial charge in [-0.1, -0.05) is 41.4 Å². The Kier molecular flexibility index (Phi) is 9.58. The summed E-state index contributed by atoms with van der Waals surface area (Å²) in [5, 5.41) is 3.60. The smallest absolute Gasteiger partial charge is 0.243 e. The lowest BCUT2D eigenvalue weighted by Gasteiger charge is -2.22. The van der Waals surface area contributed by atoms with Gasteiger partial charge in [0.1, 0.15) is 0 Å². The van der Waals surface area contributed by atoms with Crippen LogP contribution in [0.5, 0.6) is 0 Å². The highest BCUT2D eigenvalue weighted by Crippen LogP contribution is 2.23. The summed E-state index contributed by atoms with van der Waals surface area (Å²) in [5.74, 6) is -0.399. The number of nitrogens with one attached hydrogen (secondary N) is 1. The fourth-order valence-electron chi connectivity index (χ4n) is 2.63. The minimum Gasteiger partial charge on any atom is -0.379 e.